The third kappa shape index (κ3) is 5.37. The summed E-state index contributed by atoms with van der Waals surface area (Å²) in [6.45, 7) is 1.51. The highest BCUT2D eigenvalue weighted by Crippen LogP contribution is 2.25. The van der Waals surface area contributed by atoms with Crippen LogP contribution in [-0.2, 0) is 14.3 Å². The van der Waals surface area contributed by atoms with Crippen molar-refractivity contribution in [1.82, 2.24) is 0 Å². The van der Waals surface area contributed by atoms with E-state index in [1.807, 2.05) is 6.07 Å². The molecule has 0 spiro atoms. The molecule has 26 heavy (non-hydrogen) atoms. The van der Waals surface area contributed by atoms with Crippen molar-refractivity contribution in [2.45, 2.75) is 13.0 Å². The van der Waals surface area contributed by atoms with Gasteiger partial charge in [-0.3, -0.25) is 4.79 Å². The Kier molecular flexibility index (Phi) is 6.79. The molecule has 6 nitrogen and oxygen atoms in total. The first kappa shape index (κ1) is 19.1. The molecule has 2 rings (SSSR count). The zero-order chi connectivity index (χ0) is 18.9. The second kappa shape index (κ2) is 9.27. The van der Waals surface area contributed by atoms with Gasteiger partial charge in [-0.15, -0.1) is 0 Å². The lowest BCUT2D eigenvalue weighted by Crippen LogP contribution is -2.29. The fourth-order valence-corrected chi connectivity index (χ4v) is 2.15. The zero-order valence-corrected chi connectivity index (χ0v) is 14.9. The summed E-state index contributed by atoms with van der Waals surface area (Å²) in [5.41, 5.74) is 1.32. The number of anilines is 1. The van der Waals surface area contributed by atoms with E-state index >= 15 is 0 Å². The van der Waals surface area contributed by atoms with E-state index in [4.69, 9.17) is 14.2 Å². The summed E-state index contributed by atoms with van der Waals surface area (Å²) < 4.78 is 15.5. The highest BCUT2D eigenvalue weighted by Gasteiger charge is 2.16. The zero-order valence-electron chi connectivity index (χ0n) is 14.9. The number of methoxy groups -OCH3 is 2. The maximum atomic E-state index is 12.0. The van der Waals surface area contributed by atoms with Crippen LogP contribution in [0.4, 0.5) is 5.69 Å². The predicted molar refractivity (Wildman–Crippen MR) is 99.2 cm³/mol. The van der Waals surface area contributed by atoms with Crippen LogP contribution in [0.5, 0.6) is 11.5 Å². The van der Waals surface area contributed by atoms with Gasteiger partial charge in [-0.2, -0.15) is 0 Å². The van der Waals surface area contributed by atoms with Crippen LogP contribution in [0.2, 0.25) is 0 Å². The minimum atomic E-state index is -0.926. The number of hydrogen-bond donors (Lipinski definition) is 1. The number of carbonyl (C=O) groups excluding carboxylic acids is 2. The Balaban J connectivity index is 1.95. The maximum absolute atomic E-state index is 12.0. The van der Waals surface area contributed by atoms with Gasteiger partial charge in [-0.1, -0.05) is 18.2 Å². The average molecular weight is 355 g/mol. The lowest BCUT2D eigenvalue weighted by atomic mass is 10.1. The summed E-state index contributed by atoms with van der Waals surface area (Å²) in [6.07, 6.45) is 1.88. The highest BCUT2D eigenvalue weighted by molar-refractivity contribution is 5.96. The molecule has 1 unspecified atom stereocenters. The molecule has 1 N–H and O–H groups in total. The smallest absolute Gasteiger partial charge is 0.331 e. The van der Waals surface area contributed by atoms with Gasteiger partial charge in [0.25, 0.3) is 5.91 Å². The first-order valence-corrected chi connectivity index (χ1v) is 8.00. The summed E-state index contributed by atoms with van der Waals surface area (Å²) in [5.74, 6) is 0.176. The maximum Gasteiger partial charge on any atom is 0.331 e. The molecule has 136 valence electrons. The fraction of sp³-hybridized carbons (Fsp3) is 0.200. The first-order chi connectivity index (χ1) is 12.5. The van der Waals surface area contributed by atoms with Crippen LogP contribution in [0.15, 0.2) is 54.6 Å². The second-order valence-electron chi connectivity index (χ2n) is 5.38. The van der Waals surface area contributed by atoms with E-state index in [0.717, 1.165) is 0 Å². The predicted octanol–water partition coefficient (Wildman–Crippen LogP) is 3.29. The van der Waals surface area contributed by atoms with E-state index < -0.39 is 18.0 Å². The molecule has 0 saturated heterocycles. The normalized spacial score (nSPS) is 11.7. The fourth-order valence-electron chi connectivity index (χ4n) is 2.15. The highest BCUT2D eigenvalue weighted by atomic mass is 16.5. The van der Waals surface area contributed by atoms with Crippen molar-refractivity contribution in [2.24, 2.45) is 0 Å². The number of benzene rings is 2. The molecule has 6 heteroatoms. The van der Waals surface area contributed by atoms with Gasteiger partial charge in [0.05, 0.1) is 14.2 Å². The lowest BCUT2D eigenvalue weighted by Gasteiger charge is -2.12. The van der Waals surface area contributed by atoms with Crippen LogP contribution >= 0.6 is 0 Å². The molecule has 1 atom stereocenters. The number of nitrogens with one attached hydrogen (secondary N) is 1. The van der Waals surface area contributed by atoms with E-state index in [1.54, 1.807) is 55.7 Å². The summed E-state index contributed by atoms with van der Waals surface area (Å²) in [7, 11) is 3.09. The van der Waals surface area contributed by atoms with Gasteiger partial charge in [-0.05, 0) is 37.3 Å². The van der Waals surface area contributed by atoms with E-state index in [-0.39, 0.29) is 0 Å². The quantitative estimate of drug-likeness (QED) is 0.609. The number of hydrogen-bond acceptors (Lipinski definition) is 5. The SMILES string of the molecule is COc1ccc(/C=C/C(=O)OC(C)C(=O)Nc2ccccc2)c(OC)c1. The Morgan fingerprint density at radius 3 is 2.42 bits per heavy atom. The van der Waals surface area contributed by atoms with Crippen LogP contribution < -0.4 is 14.8 Å². The molecule has 2 aromatic carbocycles. The Morgan fingerprint density at radius 1 is 1.04 bits per heavy atom. The number of esters is 1. The number of rotatable bonds is 7. The van der Waals surface area contributed by atoms with Gasteiger partial charge in [0, 0.05) is 23.4 Å². The minimum absolute atomic E-state index is 0.403. The van der Waals surface area contributed by atoms with Crippen molar-refractivity contribution >= 4 is 23.6 Å². The third-order valence-electron chi connectivity index (χ3n) is 3.54. The van der Waals surface area contributed by atoms with Gasteiger partial charge in [0.2, 0.25) is 0 Å². The van der Waals surface area contributed by atoms with Crippen molar-refractivity contribution < 1.29 is 23.8 Å². The molecule has 0 aliphatic carbocycles. The van der Waals surface area contributed by atoms with Crippen molar-refractivity contribution in [2.75, 3.05) is 19.5 Å². The second-order valence-corrected chi connectivity index (χ2v) is 5.38. The molecule has 0 bridgehead atoms. The molecule has 0 saturated carbocycles. The van der Waals surface area contributed by atoms with Crippen molar-refractivity contribution in [1.29, 1.82) is 0 Å². The monoisotopic (exact) mass is 355 g/mol. The standard InChI is InChI=1S/C20H21NO5/c1-14(20(23)21-16-7-5-4-6-8-16)26-19(22)12-10-15-9-11-17(24-2)13-18(15)25-3/h4-14H,1-3H3,(H,21,23)/b12-10+. The molecule has 0 radical (unpaired) electrons. The van der Waals surface area contributed by atoms with Gasteiger partial charge >= 0.3 is 5.97 Å². The lowest BCUT2D eigenvalue weighted by molar-refractivity contribution is -0.148. The van der Waals surface area contributed by atoms with Gasteiger partial charge < -0.3 is 19.5 Å². The van der Waals surface area contributed by atoms with E-state index in [0.29, 0.717) is 22.7 Å². The number of para-hydroxylation sites is 1. The molecule has 0 fully saturated rings. The van der Waals surface area contributed by atoms with Gasteiger partial charge in [0.15, 0.2) is 6.10 Å². The van der Waals surface area contributed by atoms with Crippen LogP contribution in [-0.4, -0.2) is 32.2 Å². The summed E-state index contributed by atoms with van der Waals surface area (Å²) in [6, 6.07) is 14.2. The molecule has 2 aromatic rings. The molecule has 0 aliphatic rings. The summed E-state index contributed by atoms with van der Waals surface area (Å²) >= 11 is 0. The molecule has 0 aromatic heterocycles. The van der Waals surface area contributed by atoms with Crippen molar-refractivity contribution in [3.63, 3.8) is 0 Å². The molecule has 1 amide bonds. The molecule has 0 heterocycles. The number of ether oxygens (including phenoxy) is 3. The van der Waals surface area contributed by atoms with Crippen LogP contribution in [0.3, 0.4) is 0 Å². The Bertz CT molecular complexity index is 786. The van der Waals surface area contributed by atoms with Crippen molar-refractivity contribution in [3.05, 3.63) is 60.2 Å². The Morgan fingerprint density at radius 2 is 1.77 bits per heavy atom. The van der Waals surface area contributed by atoms with Crippen LogP contribution in [0.1, 0.15) is 12.5 Å². The summed E-state index contributed by atoms with van der Waals surface area (Å²) in [4.78, 5) is 24.0. The Hall–Kier alpha value is -3.28. The van der Waals surface area contributed by atoms with Gasteiger partial charge in [0.1, 0.15) is 11.5 Å². The van der Waals surface area contributed by atoms with Gasteiger partial charge in [-0.25, -0.2) is 4.79 Å². The van der Waals surface area contributed by atoms with E-state index in [1.165, 1.54) is 20.1 Å². The average Bonchev–Trinajstić information content (AvgIpc) is 2.66. The largest absolute Gasteiger partial charge is 0.497 e. The Labute approximate surface area is 152 Å². The number of carbonyl (C=O) groups is 2. The van der Waals surface area contributed by atoms with Crippen molar-refractivity contribution in [3.8, 4) is 11.5 Å². The number of amides is 1. The molecular formula is C20H21NO5. The molecular weight excluding hydrogens is 334 g/mol. The van der Waals surface area contributed by atoms with E-state index in [9.17, 15) is 9.59 Å². The van der Waals surface area contributed by atoms with E-state index in [2.05, 4.69) is 5.32 Å². The van der Waals surface area contributed by atoms with Crippen LogP contribution in [0, 0.1) is 0 Å². The summed E-state index contributed by atoms with van der Waals surface area (Å²) in [5, 5.41) is 2.68. The minimum Gasteiger partial charge on any atom is -0.497 e. The first-order valence-electron chi connectivity index (χ1n) is 8.00. The third-order valence-corrected chi connectivity index (χ3v) is 3.54. The molecule has 0 aliphatic heterocycles. The van der Waals surface area contributed by atoms with Crippen LogP contribution in [0.25, 0.3) is 6.08 Å². The topological polar surface area (TPSA) is 73.9 Å².